The molecule has 0 aliphatic rings. The Bertz CT molecular complexity index is 960. The summed E-state index contributed by atoms with van der Waals surface area (Å²) in [6.45, 7) is 2.93. The number of aryl methyl sites for hydroxylation is 1. The molecule has 0 aliphatic carbocycles. The number of carbonyl (C=O) groups excluding carboxylic acids is 1. The van der Waals surface area contributed by atoms with Crippen LogP contribution in [-0.4, -0.2) is 39.6 Å². The summed E-state index contributed by atoms with van der Waals surface area (Å²) in [6, 6.07) is 14.6. The number of aromatic nitrogens is 3. The van der Waals surface area contributed by atoms with E-state index in [-0.39, 0.29) is 5.97 Å². The van der Waals surface area contributed by atoms with E-state index in [2.05, 4.69) is 58.4 Å². The first-order valence-corrected chi connectivity index (χ1v) is 10.5. The SMILES string of the molecule is COC(=O)CCSC/C=C(\C)CCn1cc(-c2cccc3ccccc23)nn1. The van der Waals surface area contributed by atoms with Crippen molar-refractivity contribution in [3.05, 3.63) is 60.3 Å². The summed E-state index contributed by atoms with van der Waals surface area (Å²) in [5, 5.41) is 11.1. The van der Waals surface area contributed by atoms with Gasteiger partial charge in [0, 0.05) is 23.6 Å². The van der Waals surface area contributed by atoms with E-state index in [0.717, 1.165) is 35.7 Å². The lowest BCUT2D eigenvalue weighted by molar-refractivity contribution is -0.140. The summed E-state index contributed by atoms with van der Waals surface area (Å²) >= 11 is 1.74. The molecule has 2 aromatic carbocycles. The molecule has 0 amide bonds. The lowest BCUT2D eigenvalue weighted by Gasteiger charge is -2.03. The lowest BCUT2D eigenvalue weighted by atomic mass is 10.0. The molecule has 0 spiro atoms. The van der Waals surface area contributed by atoms with Crippen molar-refractivity contribution in [2.24, 2.45) is 0 Å². The largest absolute Gasteiger partial charge is 0.469 e. The van der Waals surface area contributed by atoms with Crippen molar-refractivity contribution in [3.8, 4) is 11.3 Å². The fourth-order valence-electron chi connectivity index (χ4n) is 2.91. The molecule has 0 atom stereocenters. The van der Waals surface area contributed by atoms with E-state index >= 15 is 0 Å². The molecule has 28 heavy (non-hydrogen) atoms. The first-order chi connectivity index (χ1) is 13.7. The summed E-state index contributed by atoms with van der Waals surface area (Å²) in [5.74, 6) is 1.54. The molecule has 3 aromatic rings. The minimum absolute atomic E-state index is 0.151. The summed E-state index contributed by atoms with van der Waals surface area (Å²) in [4.78, 5) is 11.1. The molecule has 0 bridgehead atoms. The summed E-state index contributed by atoms with van der Waals surface area (Å²) in [7, 11) is 1.42. The minimum atomic E-state index is -0.151. The van der Waals surface area contributed by atoms with Gasteiger partial charge in [-0.2, -0.15) is 11.8 Å². The molecule has 5 nitrogen and oxygen atoms in total. The van der Waals surface area contributed by atoms with Crippen LogP contribution in [0.15, 0.2) is 60.3 Å². The van der Waals surface area contributed by atoms with Gasteiger partial charge in [-0.1, -0.05) is 59.3 Å². The zero-order valence-electron chi connectivity index (χ0n) is 16.3. The third-order valence-corrected chi connectivity index (χ3v) is 5.46. The molecule has 0 saturated carbocycles. The fourth-order valence-corrected chi connectivity index (χ4v) is 3.79. The van der Waals surface area contributed by atoms with Crippen LogP contribution >= 0.6 is 11.8 Å². The molecule has 1 aromatic heterocycles. The maximum absolute atomic E-state index is 11.1. The van der Waals surface area contributed by atoms with Gasteiger partial charge in [0.15, 0.2) is 0 Å². The van der Waals surface area contributed by atoms with Crippen LogP contribution in [0.5, 0.6) is 0 Å². The van der Waals surface area contributed by atoms with Gasteiger partial charge in [-0.25, -0.2) is 0 Å². The Balaban J connectivity index is 1.53. The second-order valence-corrected chi connectivity index (χ2v) is 7.74. The van der Waals surface area contributed by atoms with Gasteiger partial charge in [0.2, 0.25) is 0 Å². The van der Waals surface area contributed by atoms with Gasteiger partial charge in [-0.3, -0.25) is 9.48 Å². The number of esters is 1. The number of allylic oxidation sites excluding steroid dienone is 1. The van der Waals surface area contributed by atoms with E-state index in [9.17, 15) is 4.79 Å². The summed E-state index contributed by atoms with van der Waals surface area (Å²) in [6.07, 6.45) is 5.62. The Hall–Kier alpha value is -2.60. The molecule has 0 radical (unpaired) electrons. The van der Waals surface area contributed by atoms with E-state index in [4.69, 9.17) is 0 Å². The van der Waals surface area contributed by atoms with Crippen molar-refractivity contribution in [2.75, 3.05) is 18.6 Å². The molecule has 1 heterocycles. The summed E-state index contributed by atoms with van der Waals surface area (Å²) in [5.41, 5.74) is 3.32. The number of carbonyl (C=O) groups is 1. The van der Waals surface area contributed by atoms with Gasteiger partial charge >= 0.3 is 5.97 Å². The first-order valence-electron chi connectivity index (χ1n) is 9.36. The number of hydrogen-bond acceptors (Lipinski definition) is 5. The third-order valence-electron chi connectivity index (χ3n) is 4.57. The van der Waals surface area contributed by atoms with Crippen molar-refractivity contribution in [1.82, 2.24) is 15.0 Å². The van der Waals surface area contributed by atoms with E-state index in [1.807, 2.05) is 23.0 Å². The highest BCUT2D eigenvalue weighted by molar-refractivity contribution is 7.99. The van der Waals surface area contributed by atoms with Crippen molar-refractivity contribution in [1.29, 1.82) is 0 Å². The Morgan fingerprint density at radius 3 is 2.86 bits per heavy atom. The zero-order valence-corrected chi connectivity index (χ0v) is 17.1. The number of hydrogen-bond donors (Lipinski definition) is 0. The van der Waals surface area contributed by atoms with Crippen LogP contribution in [0.2, 0.25) is 0 Å². The van der Waals surface area contributed by atoms with Crippen molar-refractivity contribution in [2.45, 2.75) is 26.3 Å². The monoisotopic (exact) mass is 395 g/mol. The van der Waals surface area contributed by atoms with Gasteiger partial charge in [0.05, 0.1) is 19.7 Å². The van der Waals surface area contributed by atoms with Gasteiger partial charge < -0.3 is 4.74 Å². The Labute approximate surface area is 169 Å². The average Bonchev–Trinajstić information content (AvgIpc) is 3.20. The van der Waals surface area contributed by atoms with Crippen LogP contribution in [0.4, 0.5) is 0 Å². The fraction of sp³-hybridized carbons (Fsp3) is 0.318. The molecular weight excluding hydrogens is 370 g/mol. The van der Waals surface area contributed by atoms with Crippen LogP contribution in [0.25, 0.3) is 22.0 Å². The van der Waals surface area contributed by atoms with E-state index in [1.54, 1.807) is 11.8 Å². The van der Waals surface area contributed by atoms with Crippen molar-refractivity contribution >= 4 is 28.5 Å². The average molecular weight is 396 g/mol. The summed E-state index contributed by atoms with van der Waals surface area (Å²) < 4.78 is 6.54. The molecule has 146 valence electrons. The predicted octanol–water partition coefficient (Wildman–Crippen LogP) is 4.73. The second-order valence-electron chi connectivity index (χ2n) is 6.60. The Morgan fingerprint density at radius 2 is 2.00 bits per heavy atom. The van der Waals surface area contributed by atoms with Crippen LogP contribution in [0, 0.1) is 0 Å². The quantitative estimate of drug-likeness (QED) is 0.298. The maximum atomic E-state index is 11.1. The number of fused-ring (bicyclic) bond motifs is 1. The number of nitrogens with zero attached hydrogens (tertiary/aromatic N) is 3. The maximum Gasteiger partial charge on any atom is 0.306 e. The van der Waals surface area contributed by atoms with Gasteiger partial charge in [-0.15, -0.1) is 5.10 Å². The normalized spacial score (nSPS) is 11.7. The third kappa shape index (κ3) is 5.45. The number of thioether (sulfide) groups is 1. The number of methoxy groups -OCH3 is 1. The smallest absolute Gasteiger partial charge is 0.306 e. The van der Waals surface area contributed by atoms with E-state index in [1.165, 1.54) is 23.5 Å². The lowest BCUT2D eigenvalue weighted by Crippen LogP contribution is -2.01. The first kappa shape index (κ1) is 20.1. The van der Waals surface area contributed by atoms with Gasteiger partial charge in [0.25, 0.3) is 0 Å². The number of benzene rings is 2. The minimum Gasteiger partial charge on any atom is -0.469 e. The highest BCUT2D eigenvalue weighted by atomic mass is 32.2. The van der Waals surface area contributed by atoms with Crippen LogP contribution in [-0.2, 0) is 16.1 Å². The van der Waals surface area contributed by atoms with Crippen molar-refractivity contribution < 1.29 is 9.53 Å². The zero-order chi connectivity index (χ0) is 19.8. The molecule has 0 unspecified atom stereocenters. The molecular formula is C22H25N3O2S. The molecule has 0 saturated heterocycles. The molecule has 3 rings (SSSR count). The molecule has 0 aliphatic heterocycles. The Morgan fingerprint density at radius 1 is 1.18 bits per heavy atom. The van der Waals surface area contributed by atoms with Crippen LogP contribution in [0.1, 0.15) is 19.8 Å². The van der Waals surface area contributed by atoms with E-state index < -0.39 is 0 Å². The number of rotatable bonds is 9. The van der Waals surface area contributed by atoms with Crippen molar-refractivity contribution in [3.63, 3.8) is 0 Å². The molecule has 0 fully saturated rings. The standard InChI is InChI=1S/C22H25N3O2S/c1-17(11-14-28-15-12-22(26)27-2)10-13-25-16-21(23-24-25)20-9-5-7-18-6-3-4-8-19(18)20/h3-9,11,16H,10,12-15H2,1-2H3/b17-11+. The molecule has 0 N–H and O–H groups in total. The Kier molecular flexibility index (Phi) is 7.25. The van der Waals surface area contributed by atoms with E-state index in [0.29, 0.717) is 6.42 Å². The highest BCUT2D eigenvalue weighted by Gasteiger charge is 2.07. The van der Waals surface area contributed by atoms with Crippen LogP contribution < -0.4 is 0 Å². The number of ether oxygens (including phenoxy) is 1. The van der Waals surface area contributed by atoms with Gasteiger partial charge in [-0.05, 0) is 24.1 Å². The topological polar surface area (TPSA) is 57.0 Å². The highest BCUT2D eigenvalue weighted by Crippen LogP contribution is 2.26. The second kappa shape index (κ2) is 10.1. The van der Waals surface area contributed by atoms with Gasteiger partial charge in [0.1, 0.15) is 5.69 Å². The molecule has 6 heteroatoms. The predicted molar refractivity (Wildman–Crippen MR) is 115 cm³/mol. The van der Waals surface area contributed by atoms with Crippen LogP contribution in [0.3, 0.4) is 0 Å².